The molecule has 0 aliphatic rings. The molecule has 5 aromatic carbocycles. The van der Waals surface area contributed by atoms with Crippen LogP contribution in [0, 0.1) is 10.1 Å². The average Bonchev–Trinajstić information content (AvgIpc) is 3.65. The van der Waals surface area contributed by atoms with Gasteiger partial charge in [0.2, 0.25) is 11.8 Å². The van der Waals surface area contributed by atoms with Crippen molar-refractivity contribution in [3.8, 4) is 11.5 Å². The number of nitrogens with one attached hydrogen (secondary N) is 2. The van der Waals surface area contributed by atoms with E-state index in [0.29, 0.717) is 23.2 Å². The largest absolute Gasteiger partial charge is 0.504 e. The molecule has 1 aromatic heterocycles. The van der Waals surface area contributed by atoms with Crippen LogP contribution in [0.15, 0.2) is 152 Å². The zero-order valence-electron chi connectivity index (χ0n) is 28.6. The fraction of sp³-hybridized carbons (Fsp3) is 0.119. The van der Waals surface area contributed by atoms with Crippen LogP contribution in [0.25, 0.3) is 6.08 Å². The molecule has 0 spiro atoms. The van der Waals surface area contributed by atoms with Gasteiger partial charge in [0.1, 0.15) is 11.6 Å². The fourth-order valence-corrected chi connectivity index (χ4v) is 6.43. The maximum atomic E-state index is 13.9. The molecule has 266 valence electrons. The Bertz CT molecular complexity index is 2110. The number of hydrogen-bond donors (Lipinski definition) is 4. The zero-order chi connectivity index (χ0) is 37.2. The molecular formula is C42H37N5O6. The molecular weight excluding hydrogens is 670 g/mol. The molecule has 53 heavy (non-hydrogen) atoms. The van der Waals surface area contributed by atoms with Crippen LogP contribution in [0.3, 0.4) is 0 Å². The molecule has 6 rings (SSSR count). The molecule has 1 atom stereocenters. The molecule has 11 nitrogen and oxygen atoms in total. The van der Waals surface area contributed by atoms with Crippen LogP contribution in [-0.4, -0.2) is 49.1 Å². The Morgan fingerprint density at radius 1 is 0.811 bits per heavy atom. The Balaban J connectivity index is 1.35. The van der Waals surface area contributed by atoms with E-state index in [0.717, 1.165) is 16.7 Å². The molecule has 1 heterocycles. The highest BCUT2D eigenvalue weighted by molar-refractivity contribution is 5.95. The first-order chi connectivity index (χ1) is 25.8. The minimum atomic E-state index is -1.05. The number of aromatic hydroxyl groups is 2. The van der Waals surface area contributed by atoms with Crippen molar-refractivity contribution in [3.05, 3.63) is 196 Å². The van der Waals surface area contributed by atoms with Gasteiger partial charge in [0, 0.05) is 43.1 Å². The maximum Gasteiger partial charge on any atom is 0.269 e. The number of nitro groups is 1. The smallest absolute Gasteiger partial charge is 0.269 e. The number of hydrogen-bond acceptors (Lipinski definition) is 7. The minimum absolute atomic E-state index is 0.0667. The standard InChI is InChI=1S/C42H37N5O6/c48-38-22-18-31(26-39(38)49)24-25-44-41(51)37(45-40(50)23-19-30-16-20-35(21-17-30)47(52)53)27-36-28-43-29-46(36)42(32-10-4-1-5-11-32,33-12-6-2-7-13-33)34-14-8-3-9-15-34/h1-23,26,28-29,37,48-49H,24-25,27H2,(H,44,51)(H,45,50)/b23-19+/t37-/m0/s1. The lowest BCUT2D eigenvalue weighted by atomic mass is 9.76. The van der Waals surface area contributed by atoms with Crippen molar-refractivity contribution < 1.29 is 24.7 Å². The summed E-state index contributed by atoms with van der Waals surface area (Å²) in [5.74, 6) is -1.48. The van der Waals surface area contributed by atoms with Gasteiger partial charge in [-0.25, -0.2) is 4.98 Å². The number of phenolic OH excluding ortho intramolecular Hbond substituents is 2. The van der Waals surface area contributed by atoms with Gasteiger partial charge in [-0.15, -0.1) is 0 Å². The number of amides is 2. The molecule has 0 radical (unpaired) electrons. The van der Waals surface area contributed by atoms with Gasteiger partial charge in [-0.05, 0) is 64.6 Å². The fourth-order valence-electron chi connectivity index (χ4n) is 6.43. The molecule has 0 bridgehead atoms. The summed E-state index contributed by atoms with van der Waals surface area (Å²) in [4.78, 5) is 42.5. The number of carbonyl (C=O) groups excluding carboxylic acids is 2. The van der Waals surface area contributed by atoms with Crippen molar-refractivity contribution in [1.29, 1.82) is 0 Å². The first kappa shape index (κ1) is 35.8. The Kier molecular flexibility index (Phi) is 11.0. The highest BCUT2D eigenvalue weighted by Crippen LogP contribution is 2.41. The van der Waals surface area contributed by atoms with Crippen LogP contribution >= 0.6 is 0 Å². The number of imidazole rings is 1. The molecule has 0 saturated heterocycles. The quantitative estimate of drug-likeness (QED) is 0.0348. The van der Waals surface area contributed by atoms with Crippen molar-refractivity contribution >= 4 is 23.6 Å². The molecule has 11 heteroatoms. The van der Waals surface area contributed by atoms with E-state index in [9.17, 15) is 29.9 Å². The number of nitrogens with zero attached hydrogens (tertiary/aromatic N) is 3. The summed E-state index contributed by atoms with van der Waals surface area (Å²) in [5.41, 5.74) is 3.85. The summed E-state index contributed by atoms with van der Waals surface area (Å²) in [7, 11) is 0. The molecule has 0 fully saturated rings. The summed E-state index contributed by atoms with van der Waals surface area (Å²) in [6, 6.07) is 39.3. The van der Waals surface area contributed by atoms with Gasteiger partial charge < -0.3 is 25.4 Å². The van der Waals surface area contributed by atoms with E-state index in [1.165, 1.54) is 48.6 Å². The first-order valence-electron chi connectivity index (χ1n) is 17.0. The van der Waals surface area contributed by atoms with Crippen LogP contribution in [0.5, 0.6) is 11.5 Å². The van der Waals surface area contributed by atoms with Gasteiger partial charge in [0.25, 0.3) is 5.69 Å². The second-order valence-electron chi connectivity index (χ2n) is 12.4. The monoisotopic (exact) mass is 707 g/mol. The van der Waals surface area contributed by atoms with Gasteiger partial charge in [-0.1, -0.05) is 97.1 Å². The van der Waals surface area contributed by atoms with Gasteiger partial charge in [0.05, 0.1) is 11.3 Å². The second kappa shape index (κ2) is 16.3. The number of nitro benzene ring substituents is 1. The number of carbonyl (C=O) groups is 2. The third kappa shape index (κ3) is 8.15. The normalized spacial score (nSPS) is 11.9. The van der Waals surface area contributed by atoms with E-state index in [-0.39, 0.29) is 30.2 Å². The summed E-state index contributed by atoms with van der Waals surface area (Å²) >= 11 is 0. The summed E-state index contributed by atoms with van der Waals surface area (Å²) in [6.45, 7) is 0.190. The average molecular weight is 708 g/mol. The molecule has 0 unspecified atom stereocenters. The zero-order valence-corrected chi connectivity index (χ0v) is 28.6. The molecule has 0 saturated carbocycles. The Labute approximate surface area is 306 Å². The predicted molar refractivity (Wildman–Crippen MR) is 201 cm³/mol. The van der Waals surface area contributed by atoms with Crippen LogP contribution < -0.4 is 10.6 Å². The van der Waals surface area contributed by atoms with Crippen LogP contribution in [-0.2, 0) is 28.0 Å². The third-order valence-corrected chi connectivity index (χ3v) is 8.98. The van der Waals surface area contributed by atoms with E-state index < -0.39 is 28.3 Å². The highest BCUT2D eigenvalue weighted by Gasteiger charge is 2.40. The van der Waals surface area contributed by atoms with Gasteiger partial charge in [-0.2, -0.15) is 0 Å². The van der Waals surface area contributed by atoms with Crippen molar-refractivity contribution in [2.45, 2.75) is 24.4 Å². The number of non-ortho nitro benzene ring substituents is 1. The molecule has 6 aromatic rings. The van der Waals surface area contributed by atoms with Gasteiger partial charge in [0.15, 0.2) is 11.5 Å². The lowest BCUT2D eigenvalue weighted by Gasteiger charge is -2.39. The number of phenols is 2. The predicted octanol–water partition coefficient (Wildman–Crippen LogP) is 6.14. The maximum absolute atomic E-state index is 13.9. The third-order valence-electron chi connectivity index (χ3n) is 8.98. The molecule has 0 aliphatic carbocycles. The van der Waals surface area contributed by atoms with E-state index in [1.54, 1.807) is 18.6 Å². The van der Waals surface area contributed by atoms with Crippen LogP contribution in [0.1, 0.15) is 33.5 Å². The SMILES string of the molecule is O=C(/C=C/c1ccc([N+](=O)[O-])cc1)N[C@@H](Cc1cncn1C(c1ccccc1)(c1ccccc1)c1ccccc1)C(=O)NCCc1ccc(O)c(O)c1. The second-order valence-corrected chi connectivity index (χ2v) is 12.4. The molecule has 0 aliphatic heterocycles. The molecule has 2 amide bonds. The highest BCUT2D eigenvalue weighted by atomic mass is 16.6. The first-order valence-corrected chi connectivity index (χ1v) is 17.0. The van der Waals surface area contributed by atoms with Crippen molar-refractivity contribution in [3.63, 3.8) is 0 Å². The lowest BCUT2D eigenvalue weighted by molar-refractivity contribution is -0.384. The van der Waals surface area contributed by atoms with Crippen molar-refractivity contribution in [1.82, 2.24) is 20.2 Å². The summed E-state index contributed by atoms with van der Waals surface area (Å²) in [5, 5.41) is 36.4. The molecule has 4 N–H and O–H groups in total. The number of aromatic nitrogens is 2. The van der Waals surface area contributed by atoms with E-state index in [4.69, 9.17) is 0 Å². The van der Waals surface area contributed by atoms with E-state index in [1.807, 2.05) is 59.2 Å². The van der Waals surface area contributed by atoms with Crippen molar-refractivity contribution in [2.24, 2.45) is 0 Å². The Hall–Kier alpha value is -7.01. The summed E-state index contributed by atoms with van der Waals surface area (Å²) < 4.78 is 2.05. The van der Waals surface area contributed by atoms with Crippen LogP contribution in [0.4, 0.5) is 5.69 Å². The minimum Gasteiger partial charge on any atom is -0.504 e. The Morgan fingerprint density at radius 3 is 1.94 bits per heavy atom. The van der Waals surface area contributed by atoms with Crippen molar-refractivity contribution in [2.75, 3.05) is 6.54 Å². The van der Waals surface area contributed by atoms with E-state index in [2.05, 4.69) is 52.0 Å². The van der Waals surface area contributed by atoms with Gasteiger partial charge >= 0.3 is 0 Å². The lowest BCUT2D eigenvalue weighted by Crippen LogP contribution is -2.49. The Morgan fingerprint density at radius 2 is 1.40 bits per heavy atom. The summed E-state index contributed by atoms with van der Waals surface area (Å²) in [6.07, 6.45) is 6.66. The van der Waals surface area contributed by atoms with E-state index >= 15 is 0 Å². The topological polar surface area (TPSA) is 160 Å². The number of benzene rings is 5. The van der Waals surface area contributed by atoms with Crippen LogP contribution in [0.2, 0.25) is 0 Å². The van der Waals surface area contributed by atoms with Gasteiger partial charge in [-0.3, -0.25) is 19.7 Å². The number of rotatable bonds is 14.